The number of alkyl halides is 2. The summed E-state index contributed by atoms with van der Waals surface area (Å²) in [5.74, 6) is -3.41. The summed E-state index contributed by atoms with van der Waals surface area (Å²) in [4.78, 5) is 0. The highest BCUT2D eigenvalue weighted by Gasteiger charge is 2.39. The highest BCUT2D eigenvalue weighted by atomic mass is 35.5. The summed E-state index contributed by atoms with van der Waals surface area (Å²) < 4.78 is 26.2. The number of hydrogen-bond donors (Lipinski definition) is 1. The fourth-order valence-electron chi connectivity index (χ4n) is 1.43. The van der Waals surface area contributed by atoms with Gasteiger partial charge in [0.15, 0.2) is 0 Å². The molecule has 0 spiro atoms. The van der Waals surface area contributed by atoms with Gasteiger partial charge in [-0.25, -0.2) is 8.78 Å². The van der Waals surface area contributed by atoms with E-state index in [-0.39, 0.29) is 25.2 Å². The molecule has 0 radical (unpaired) electrons. The lowest BCUT2D eigenvalue weighted by atomic mass is 9.94. The molecule has 2 nitrogen and oxygen atoms in total. The Hall–Kier alpha value is -0.400. The summed E-state index contributed by atoms with van der Waals surface area (Å²) in [7, 11) is 0. The first-order valence-corrected chi connectivity index (χ1v) is 4.12. The summed E-state index contributed by atoms with van der Waals surface area (Å²) >= 11 is 0. The van der Waals surface area contributed by atoms with Gasteiger partial charge >= 0.3 is 0 Å². The normalized spacial score (nSPS) is 26.7. The summed E-state index contributed by atoms with van der Waals surface area (Å²) in [6.07, 6.45) is 0.231. The molecule has 1 rings (SSSR count). The lowest BCUT2D eigenvalue weighted by Crippen LogP contribution is -2.27. The zero-order chi connectivity index (χ0) is 9.03. The highest BCUT2D eigenvalue weighted by molar-refractivity contribution is 5.85. The lowest BCUT2D eigenvalue weighted by Gasteiger charge is -2.21. The van der Waals surface area contributed by atoms with Crippen LogP contribution >= 0.6 is 12.4 Å². The molecule has 1 unspecified atom stereocenters. The summed E-state index contributed by atoms with van der Waals surface area (Å²) in [5, 5.41) is 11.2. The van der Waals surface area contributed by atoms with E-state index >= 15 is 0 Å². The molecular formula is C8H13ClF2N2. The molecule has 0 bridgehead atoms. The molecule has 0 aliphatic carbocycles. The Morgan fingerprint density at radius 1 is 1.46 bits per heavy atom. The van der Waals surface area contributed by atoms with Gasteiger partial charge in [0.25, 0.3) is 5.92 Å². The van der Waals surface area contributed by atoms with Gasteiger partial charge < -0.3 is 5.32 Å². The van der Waals surface area contributed by atoms with E-state index in [0.717, 1.165) is 0 Å². The number of nitrogens with one attached hydrogen (secondary N) is 1. The number of hydrogen-bond acceptors (Lipinski definition) is 2. The Morgan fingerprint density at radius 3 is 2.77 bits per heavy atom. The number of nitrogens with zero attached hydrogens (tertiary/aromatic N) is 1. The highest BCUT2D eigenvalue weighted by Crippen LogP contribution is 2.33. The first-order chi connectivity index (χ1) is 5.67. The van der Waals surface area contributed by atoms with E-state index in [9.17, 15) is 8.78 Å². The van der Waals surface area contributed by atoms with E-state index in [1.807, 2.05) is 6.07 Å². The molecule has 5 heteroatoms. The van der Waals surface area contributed by atoms with Crippen molar-refractivity contribution < 1.29 is 8.78 Å². The zero-order valence-electron chi connectivity index (χ0n) is 7.22. The van der Waals surface area contributed by atoms with Crippen LogP contribution in [0.4, 0.5) is 8.78 Å². The van der Waals surface area contributed by atoms with E-state index in [0.29, 0.717) is 19.5 Å². The van der Waals surface area contributed by atoms with Crippen LogP contribution in [-0.2, 0) is 0 Å². The second-order valence-electron chi connectivity index (χ2n) is 3.11. The van der Waals surface area contributed by atoms with Gasteiger partial charge in [-0.15, -0.1) is 12.4 Å². The maximum Gasteiger partial charge on any atom is 0.253 e. The third-order valence-electron chi connectivity index (χ3n) is 2.24. The first-order valence-electron chi connectivity index (χ1n) is 4.12. The molecule has 13 heavy (non-hydrogen) atoms. The number of halogens is 3. The molecule has 0 saturated carbocycles. The van der Waals surface area contributed by atoms with Gasteiger partial charge in [0.05, 0.1) is 6.07 Å². The fourth-order valence-corrected chi connectivity index (χ4v) is 1.43. The van der Waals surface area contributed by atoms with Crippen LogP contribution in [0.2, 0.25) is 0 Å². The minimum absolute atomic E-state index is 0. The molecule has 76 valence electrons. The van der Waals surface area contributed by atoms with Gasteiger partial charge in [0.2, 0.25) is 0 Å². The van der Waals surface area contributed by atoms with Gasteiger partial charge in [-0.2, -0.15) is 5.26 Å². The quantitative estimate of drug-likeness (QED) is 0.718. The summed E-state index contributed by atoms with van der Waals surface area (Å²) in [6, 6.07) is 1.81. The summed E-state index contributed by atoms with van der Waals surface area (Å²) in [6.45, 7) is 0.955. The third-order valence-corrected chi connectivity index (χ3v) is 2.24. The molecule has 0 amide bonds. The van der Waals surface area contributed by atoms with Gasteiger partial charge in [0.1, 0.15) is 0 Å². The second kappa shape index (κ2) is 5.36. The van der Waals surface area contributed by atoms with E-state index < -0.39 is 11.8 Å². The van der Waals surface area contributed by atoms with E-state index in [4.69, 9.17) is 5.26 Å². The first kappa shape index (κ1) is 12.6. The van der Waals surface area contributed by atoms with Crippen LogP contribution in [0, 0.1) is 17.2 Å². The topological polar surface area (TPSA) is 35.8 Å². The van der Waals surface area contributed by atoms with Crippen LogP contribution in [0.3, 0.4) is 0 Å². The maximum absolute atomic E-state index is 13.1. The van der Waals surface area contributed by atoms with E-state index in [2.05, 4.69) is 5.32 Å². The predicted molar refractivity (Wildman–Crippen MR) is 48.0 cm³/mol. The van der Waals surface area contributed by atoms with Crippen molar-refractivity contribution in [2.45, 2.75) is 25.2 Å². The average molecular weight is 211 g/mol. The molecule has 0 aromatic rings. The van der Waals surface area contributed by atoms with Gasteiger partial charge in [-0.05, 0) is 13.0 Å². The molecule has 1 saturated heterocycles. The van der Waals surface area contributed by atoms with Crippen LogP contribution in [0.1, 0.15) is 19.3 Å². The second-order valence-corrected chi connectivity index (χ2v) is 3.11. The Kier molecular flexibility index (Phi) is 5.19. The molecule has 1 atom stereocenters. The van der Waals surface area contributed by atoms with E-state index in [1.165, 1.54) is 0 Å². The molecule has 1 heterocycles. The van der Waals surface area contributed by atoms with Crippen molar-refractivity contribution in [3.8, 4) is 6.07 Å². The third kappa shape index (κ3) is 3.45. The van der Waals surface area contributed by atoms with Gasteiger partial charge in [-0.1, -0.05) is 0 Å². The Labute approximate surface area is 82.7 Å². The monoisotopic (exact) mass is 210 g/mol. The fraction of sp³-hybridized carbons (Fsp3) is 0.875. The zero-order valence-corrected chi connectivity index (χ0v) is 8.04. The Balaban J connectivity index is 0.00000144. The average Bonchev–Trinajstić information content (AvgIpc) is 2.15. The minimum Gasteiger partial charge on any atom is -0.316 e. The molecule has 1 aliphatic rings. The van der Waals surface area contributed by atoms with Crippen molar-refractivity contribution >= 4 is 12.4 Å². The molecular weight excluding hydrogens is 198 g/mol. The maximum atomic E-state index is 13.1. The van der Waals surface area contributed by atoms with Crippen molar-refractivity contribution in [3.63, 3.8) is 0 Å². The largest absolute Gasteiger partial charge is 0.316 e. The molecule has 0 aromatic carbocycles. The van der Waals surface area contributed by atoms with Crippen molar-refractivity contribution in [1.82, 2.24) is 5.32 Å². The van der Waals surface area contributed by atoms with Crippen molar-refractivity contribution in [2.24, 2.45) is 5.92 Å². The van der Waals surface area contributed by atoms with Crippen LogP contribution in [0.25, 0.3) is 0 Å². The van der Waals surface area contributed by atoms with Gasteiger partial charge in [0, 0.05) is 25.3 Å². The van der Waals surface area contributed by atoms with E-state index in [1.54, 1.807) is 0 Å². The van der Waals surface area contributed by atoms with Crippen LogP contribution < -0.4 is 5.32 Å². The summed E-state index contributed by atoms with van der Waals surface area (Å²) in [5.41, 5.74) is 0. The smallest absolute Gasteiger partial charge is 0.253 e. The van der Waals surface area contributed by atoms with Crippen LogP contribution in [0.5, 0.6) is 0 Å². The minimum atomic E-state index is -2.65. The van der Waals surface area contributed by atoms with Crippen LogP contribution in [0.15, 0.2) is 0 Å². The molecule has 1 aliphatic heterocycles. The number of nitriles is 1. The predicted octanol–water partition coefficient (Wildman–Crippen LogP) is 1.96. The number of rotatable bonds is 1. The van der Waals surface area contributed by atoms with Crippen molar-refractivity contribution in [3.05, 3.63) is 0 Å². The van der Waals surface area contributed by atoms with Gasteiger partial charge in [-0.3, -0.25) is 0 Å². The van der Waals surface area contributed by atoms with Crippen molar-refractivity contribution in [1.29, 1.82) is 5.26 Å². The van der Waals surface area contributed by atoms with Crippen molar-refractivity contribution in [2.75, 3.05) is 13.1 Å². The van der Waals surface area contributed by atoms with Crippen LogP contribution in [-0.4, -0.2) is 19.0 Å². The Bertz CT molecular complexity index is 191. The molecule has 0 aromatic heterocycles. The Morgan fingerprint density at radius 2 is 2.15 bits per heavy atom. The molecule has 1 fully saturated rings. The standard InChI is InChI=1S/C8H12F2N2.ClH/c9-8(10)3-6-12-5-2-7(8)1-4-11;/h7,12H,1-3,5-6H2;1H. The SMILES string of the molecule is Cl.N#CCC1CCNCCC1(F)F. The molecule has 1 N–H and O–H groups in total. The lowest BCUT2D eigenvalue weighted by molar-refractivity contribution is -0.0586.